The van der Waals surface area contributed by atoms with Gasteiger partial charge < -0.3 is 5.32 Å². The van der Waals surface area contributed by atoms with E-state index in [9.17, 15) is 0 Å². The molecular weight excluding hydrogens is 124 g/mol. The van der Waals surface area contributed by atoms with Crippen LogP contribution in [0.4, 0.5) is 0 Å². The summed E-state index contributed by atoms with van der Waals surface area (Å²) in [5, 5.41) is 11.3. The number of nitriles is 1. The van der Waals surface area contributed by atoms with E-state index in [1.807, 2.05) is 27.8 Å². The second kappa shape index (κ2) is 11.3. The molecule has 0 aromatic rings. The molecule has 1 atom stereocenters. The molecule has 0 spiro atoms. The summed E-state index contributed by atoms with van der Waals surface area (Å²) in [4.78, 5) is 0. The molecule has 0 aliphatic carbocycles. The average molecular weight is 142 g/mol. The van der Waals surface area contributed by atoms with E-state index >= 15 is 0 Å². The summed E-state index contributed by atoms with van der Waals surface area (Å²) in [7, 11) is 1.89. The topological polar surface area (TPSA) is 35.8 Å². The number of nitrogens with one attached hydrogen (secondary N) is 1. The third-order valence-corrected chi connectivity index (χ3v) is 1.05. The summed E-state index contributed by atoms with van der Waals surface area (Å²) in [6.45, 7) is 6.87. The quantitative estimate of drug-likeness (QED) is 0.652. The molecule has 1 N–H and O–H groups in total. The molecule has 0 fully saturated rings. The minimum absolute atomic E-state index is 0.197. The predicted octanol–water partition coefficient (Wildman–Crippen LogP) is 1.78. The van der Waals surface area contributed by atoms with Crippen molar-refractivity contribution < 1.29 is 0 Å². The van der Waals surface area contributed by atoms with Crippen LogP contribution in [0.25, 0.3) is 0 Å². The van der Waals surface area contributed by atoms with Crippen molar-refractivity contribution in [3.63, 3.8) is 0 Å². The van der Waals surface area contributed by atoms with Gasteiger partial charge in [0.25, 0.3) is 0 Å². The zero-order valence-electron chi connectivity index (χ0n) is 7.44. The van der Waals surface area contributed by atoms with Gasteiger partial charge in [0.15, 0.2) is 0 Å². The second-order valence-electron chi connectivity index (χ2n) is 1.92. The molecule has 60 valence electrons. The van der Waals surface area contributed by atoms with Crippen molar-refractivity contribution in [3.8, 4) is 6.07 Å². The maximum atomic E-state index is 8.28. The molecule has 0 saturated heterocycles. The second-order valence-corrected chi connectivity index (χ2v) is 1.92. The van der Waals surface area contributed by atoms with Gasteiger partial charge >= 0.3 is 0 Å². The van der Waals surface area contributed by atoms with E-state index in [2.05, 4.69) is 11.4 Å². The molecule has 0 aromatic heterocycles. The normalized spacial score (nSPS) is 10.7. The Labute approximate surface area is 64.2 Å². The van der Waals surface area contributed by atoms with Crippen molar-refractivity contribution in [1.82, 2.24) is 5.32 Å². The molecule has 0 aromatic carbocycles. The summed E-state index contributed by atoms with van der Waals surface area (Å²) in [5.41, 5.74) is 0. The van der Waals surface area contributed by atoms with Gasteiger partial charge in [-0.1, -0.05) is 13.8 Å². The van der Waals surface area contributed by atoms with Gasteiger partial charge in [0, 0.05) is 5.92 Å². The zero-order valence-corrected chi connectivity index (χ0v) is 7.44. The Balaban J connectivity index is 0. The van der Waals surface area contributed by atoms with Gasteiger partial charge in [-0.2, -0.15) is 5.26 Å². The SMILES string of the molecule is CC.CNCCC(C)C#N. The van der Waals surface area contributed by atoms with Gasteiger partial charge in [0.05, 0.1) is 6.07 Å². The van der Waals surface area contributed by atoms with Crippen LogP contribution < -0.4 is 5.32 Å². The van der Waals surface area contributed by atoms with Crippen LogP contribution in [0.2, 0.25) is 0 Å². The number of nitrogens with zero attached hydrogens (tertiary/aromatic N) is 1. The Morgan fingerprint density at radius 1 is 1.50 bits per heavy atom. The smallest absolute Gasteiger partial charge is 0.0653 e. The molecular formula is C8H18N2. The van der Waals surface area contributed by atoms with Crippen molar-refractivity contribution in [2.45, 2.75) is 27.2 Å². The highest BCUT2D eigenvalue weighted by atomic mass is 14.8. The molecule has 1 unspecified atom stereocenters. The summed E-state index contributed by atoms with van der Waals surface area (Å²) in [5.74, 6) is 0.197. The van der Waals surface area contributed by atoms with Gasteiger partial charge in [-0.25, -0.2) is 0 Å². The van der Waals surface area contributed by atoms with E-state index in [1.165, 1.54) is 0 Å². The molecule has 0 bridgehead atoms. The molecule has 0 aliphatic rings. The fraction of sp³-hybridized carbons (Fsp3) is 0.875. The van der Waals surface area contributed by atoms with Crippen LogP contribution in [0.1, 0.15) is 27.2 Å². The van der Waals surface area contributed by atoms with Crippen LogP contribution in [-0.2, 0) is 0 Å². The molecule has 0 radical (unpaired) electrons. The molecule has 10 heavy (non-hydrogen) atoms. The lowest BCUT2D eigenvalue weighted by atomic mass is 10.1. The Hall–Kier alpha value is -0.550. The van der Waals surface area contributed by atoms with Gasteiger partial charge in [0.1, 0.15) is 0 Å². The van der Waals surface area contributed by atoms with Crippen LogP contribution in [0.3, 0.4) is 0 Å². The van der Waals surface area contributed by atoms with E-state index in [1.54, 1.807) is 0 Å². The molecule has 2 nitrogen and oxygen atoms in total. The third-order valence-electron chi connectivity index (χ3n) is 1.05. The van der Waals surface area contributed by atoms with Crippen molar-refractivity contribution >= 4 is 0 Å². The van der Waals surface area contributed by atoms with Crippen LogP contribution in [0, 0.1) is 17.2 Å². The maximum Gasteiger partial charge on any atom is 0.0653 e. The van der Waals surface area contributed by atoms with E-state index in [0.29, 0.717) is 0 Å². The Kier molecular flexibility index (Phi) is 13.7. The van der Waals surface area contributed by atoms with Crippen LogP contribution >= 0.6 is 0 Å². The highest BCUT2D eigenvalue weighted by Crippen LogP contribution is 1.95. The van der Waals surface area contributed by atoms with Crippen molar-refractivity contribution in [2.75, 3.05) is 13.6 Å². The van der Waals surface area contributed by atoms with Crippen LogP contribution in [0.15, 0.2) is 0 Å². The average Bonchev–Trinajstić information content (AvgIpc) is 2.04. The molecule has 0 aliphatic heterocycles. The van der Waals surface area contributed by atoms with E-state index in [-0.39, 0.29) is 5.92 Å². The Morgan fingerprint density at radius 3 is 2.30 bits per heavy atom. The largest absolute Gasteiger partial charge is 0.320 e. The zero-order chi connectivity index (χ0) is 8.41. The standard InChI is InChI=1S/C6H12N2.C2H6/c1-6(5-7)3-4-8-2;1-2/h6,8H,3-4H2,1-2H3;1-2H3. The first-order valence-corrected chi connectivity index (χ1v) is 3.85. The van der Waals surface area contributed by atoms with Gasteiger partial charge in [-0.15, -0.1) is 0 Å². The Morgan fingerprint density at radius 2 is 2.00 bits per heavy atom. The fourth-order valence-corrected chi connectivity index (χ4v) is 0.425. The number of rotatable bonds is 3. The van der Waals surface area contributed by atoms with Gasteiger partial charge in [-0.3, -0.25) is 0 Å². The van der Waals surface area contributed by atoms with Gasteiger partial charge in [0.2, 0.25) is 0 Å². The van der Waals surface area contributed by atoms with Crippen LogP contribution in [0.5, 0.6) is 0 Å². The first-order chi connectivity index (χ1) is 4.81. The molecule has 0 amide bonds. The lowest BCUT2D eigenvalue weighted by molar-refractivity contribution is 0.621. The first kappa shape index (κ1) is 12.2. The van der Waals surface area contributed by atoms with Crippen LogP contribution in [-0.4, -0.2) is 13.6 Å². The number of hydrogen-bond acceptors (Lipinski definition) is 2. The fourth-order valence-electron chi connectivity index (χ4n) is 0.425. The van der Waals surface area contributed by atoms with E-state index < -0.39 is 0 Å². The summed E-state index contributed by atoms with van der Waals surface area (Å²) >= 11 is 0. The Bertz CT molecular complexity index is 83.7. The summed E-state index contributed by atoms with van der Waals surface area (Å²) in [6, 6.07) is 2.16. The van der Waals surface area contributed by atoms with Crippen molar-refractivity contribution in [1.29, 1.82) is 5.26 Å². The molecule has 0 rings (SSSR count). The molecule has 0 saturated carbocycles. The summed E-state index contributed by atoms with van der Waals surface area (Å²) < 4.78 is 0. The monoisotopic (exact) mass is 142 g/mol. The van der Waals surface area contributed by atoms with Crippen molar-refractivity contribution in [3.05, 3.63) is 0 Å². The lowest BCUT2D eigenvalue weighted by Gasteiger charge is -1.97. The maximum absolute atomic E-state index is 8.28. The number of hydrogen-bond donors (Lipinski definition) is 1. The first-order valence-electron chi connectivity index (χ1n) is 3.85. The lowest BCUT2D eigenvalue weighted by Crippen LogP contribution is -2.10. The van der Waals surface area contributed by atoms with E-state index in [4.69, 9.17) is 5.26 Å². The molecule has 0 heterocycles. The molecule has 2 heteroatoms. The predicted molar refractivity (Wildman–Crippen MR) is 44.7 cm³/mol. The third kappa shape index (κ3) is 10.4. The minimum atomic E-state index is 0.197. The highest BCUT2D eigenvalue weighted by Gasteiger charge is 1.94. The summed E-state index contributed by atoms with van der Waals surface area (Å²) in [6.07, 6.45) is 0.951. The van der Waals surface area contributed by atoms with Crippen molar-refractivity contribution in [2.24, 2.45) is 5.92 Å². The van der Waals surface area contributed by atoms with Gasteiger partial charge in [-0.05, 0) is 26.9 Å². The minimum Gasteiger partial charge on any atom is -0.320 e. The van der Waals surface area contributed by atoms with E-state index in [0.717, 1.165) is 13.0 Å². The highest BCUT2D eigenvalue weighted by molar-refractivity contribution is 4.78.